The molecular formula is C17H26Cl2N4O2. The van der Waals surface area contributed by atoms with Crippen molar-refractivity contribution in [3.8, 4) is 0 Å². The van der Waals surface area contributed by atoms with E-state index in [9.17, 15) is 9.59 Å². The molecule has 1 unspecified atom stereocenters. The predicted molar refractivity (Wildman–Crippen MR) is 104 cm³/mol. The van der Waals surface area contributed by atoms with Gasteiger partial charge in [0.15, 0.2) is 5.78 Å². The van der Waals surface area contributed by atoms with Crippen molar-refractivity contribution in [2.75, 3.05) is 44.6 Å². The number of anilines is 1. The number of nitrogens with zero attached hydrogens (tertiary/aromatic N) is 2. The molecule has 1 atom stereocenters. The van der Waals surface area contributed by atoms with E-state index in [1.54, 1.807) is 24.3 Å². The maximum absolute atomic E-state index is 12.3. The first kappa shape index (κ1) is 21.7. The molecule has 2 aliphatic rings. The second kappa shape index (κ2) is 9.97. The summed E-state index contributed by atoms with van der Waals surface area (Å²) >= 11 is 0. The van der Waals surface area contributed by atoms with Crippen LogP contribution < -0.4 is 10.6 Å². The van der Waals surface area contributed by atoms with Gasteiger partial charge in [0.2, 0.25) is 0 Å². The number of piperazine rings is 1. The fraction of sp³-hybridized carbons (Fsp3) is 0.529. The minimum absolute atomic E-state index is 0. The molecule has 6 nitrogen and oxygen atoms in total. The summed E-state index contributed by atoms with van der Waals surface area (Å²) in [5, 5.41) is 6.30. The third-order valence-electron chi connectivity index (χ3n) is 4.69. The zero-order valence-electron chi connectivity index (χ0n) is 14.4. The monoisotopic (exact) mass is 388 g/mol. The Hall–Kier alpha value is -1.34. The lowest BCUT2D eigenvalue weighted by Crippen LogP contribution is -2.53. The number of benzene rings is 1. The number of nitrogens with one attached hydrogen (secondary N) is 2. The molecule has 25 heavy (non-hydrogen) atoms. The molecule has 2 saturated heterocycles. The van der Waals surface area contributed by atoms with Crippen molar-refractivity contribution < 1.29 is 9.59 Å². The summed E-state index contributed by atoms with van der Waals surface area (Å²) in [5.41, 5.74) is 1.38. The van der Waals surface area contributed by atoms with Crippen LogP contribution in [0, 0.1) is 0 Å². The standard InChI is InChI=1S/C17H24N4O2.2ClH/c1-13(22)14-2-4-15(5-3-14)19-17(23)21-10-8-20(9-11-21)16-6-7-18-12-16;;/h2-5,16,18H,6-12H2,1H3,(H,19,23);2*1H. The van der Waals surface area contributed by atoms with Crippen molar-refractivity contribution in [1.29, 1.82) is 0 Å². The van der Waals surface area contributed by atoms with Gasteiger partial charge in [-0.15, -0.1) is 24.8 Å². The van der Waals surface area contributed by atoms with Crippen molar-refractivity contribution >= 4 is 42.3 Å². The number of carbonyl (C=O) groups is 2. The average Bonchev–Trinajstić information content (AvgIpc) is 3.10. The van der Waals surface area contributed by atoms with Crippen LogP contribution in [0.15, 0.2) is 24.3 Å². The predicted octanol–water partition coefficient (Wildman–Crippen LogP) is 2.24. The van der Waals surface area contributed by atoms with Crippen LogP contribution in [0.5, 0.6) is 0 Å². The molecule has 0 bridgehead atoms. The SMILES string of the molecule is CC(=O)c1ccc(NC(=O)N2CCN(C3CCNC3)CC2)cc1.Cl.Cl. The Kier molecular flexibility index (Phi) is 8.65. The third kappa shape index (κ3) is 5.57. The van der Waals surface area contributed by atoms with Crippen LogP contribution >= 0.6 is 24.8 Å². The van der Waals surface area contributed by atoms with Gasteiger partial charge in [0.25, 0.3) is 0 Å². The van der Waals surface area contributed by atoms with Gasteiger partial charge in [-0.2, -0.15) is 0 Å². The van der Waals surface area contributed by atoms with Gasteiger partial charge in [-0.3, -0.25) is 9.69 Å². The molecule has 1 aromatic carbocycles. The van der Waals surface area contributed by atoms with E-state index in [1.165, 1.54) is 13.3 Å². The normalized spacial score (nSPS) is 20.4. The van der Waals surface area contributed by atoms with Crippen LogP contribution in [0.25, 0.3) is 0 Å². The molecule has 2 amide bonds. The molecule has 140 valence electrons. The van der Waals surface area contributed by atoms with E-state index in [2.05, 4.69) is 15.5 Å². The Morgan fingerprint density at radius 3 is 2.24 bits per heavy atom. The summed E-state index contributed by atoms with van der Waals surface area (Å²) in [6, 6.07) is 7.58. The molecule has 8 heteroatoms. The molecule has 0 saturated carbocycles. The van der Waals surface area contributed by atoms with Crippen molar-refractivity contribution in [3.63, 3.8) is 0 Å². The highest BCUT2D eigenvalue weighted by molar-refractivity contribution is 5.95. The van der Waals surface area contributed by atoms with Gasteiger partial charge in [0.05, 0.1) is 0 Å². The Balaban J connectivity index is 0.00000156. The van der Waals surface area contributed by atoms with Crippen LogP contribution in [-0.2, 0) is 0 Å². The average molecular weight is 389 g/mol. The molecule has 0 spiro atoms. The van der Waals surface area contributed by atoms with Crippen LogP contribution in [-0.4, -0.2) is 66.9 Å². The van der Waals surface area contributed by atoms with Gasteiger partial charge in [-0.25, -0.2) is 4.79 Å². The van der Waals surface area contributed by atoms with E-state index in [4.69, 9.17) is 0 Å². The largest absolute Gasteiger partial charge is 0.322 e. The highest BCUT2D eigenvalue weighted by atomic mass is 35.5. The Morgan fingerprint density at radius 2 is 1.72 bits per heavy atom. The van der Waals surface area contributed by atoms with Crippen molar-refractivity contribution in [1.82, 2.24) is 15.1 Å². The molecule has 2 N–H and O–H groups in total. The van der Waals surface area contributed by atoms with E-state index in [0.29, 0.717) is 11.6 Å². The number of urea groups is 1. The number of halogens is 2. The summed E-state index contributed by atoms with van der Waals surface area (Å²) in [5.74, 6) is 0.0281. The lowest BCUT2D eigenvalue weighted by atomic mass is 10.1. The summed E-state index contributed by atoms with van der Waals surface area (Å²) in [6.07, 6.45) is 1.20. The zero-order chi connectivity index (χ0) is 16.2. The highest BCUT2D eigenvalue weighted by Crippen LogP contribution is 2.14. The number of rotatable bonds is 3. The Bertz CT molecular complexity index is 569. The fourth-order valence-electron chi connectivity index (χ4n) is 3.23. The van der Waals surface area contributed by atoms with Gasteiger partial charge >= 0.3 is 6.03 Å². The smallest absolute Gasteiger partial charge is 0.321 e. The second-order valence-electron chi connectivity index (χ2n) is 6.23. The maximum Gasteiger partial charge on any atom is 0.321 e. The summed E-state index contributed by atoms with van der Waals surface area (Å²) in [7, 11) is 0. The van der Waals surface area contributed by atoms with E-state index in [0.717, 1.165) is 45.0 Å². The molecule has 2 aliphatic heterocycles. The number of carbonyl (C=O) groups excluding carboxylic acids is 2. The van der Waals surface area contributed by atoms with Gasteiger partial charge < -0.3 is 15.5 Å². The Labute approximate surface area is 161 Å². The van der Waals surface area contributed by atoms with Crippen LogP contribution in [0.2, 0.25) is 0 Å². The van der Waals surface area contributed by atoms with Gasteiger partial charge in [-0.05, 0) is 44.2 Å². The summed E-state index contributed by atoms with van der Waals surface area (Å²) in [6.45, 7) is 7.08. The number of Topliss-reactive ketones (excluding diaryl/α,β-unsaturated/α-hetero) is 1. The van der Waals surface area contributed by atoms with Crippen molar-refractivity contribution in [3.05, 3.63) is 29.8 Å². The number of amides is 2. The quantitative estimate of drug-likeness (QED) is 0.779. The number of hydrogen-bond donors (Lipinski definition) is 2. The van der Waals surface area contributed by atoms with E-state index in [1.807, 2.05) is 4.90 Å². The Morgan fingerprint density at radius 1 is 1.08 bits per heavy atom. The summed E-state index contributed by atoms with van der Waals surface area (Å²) < 4.78 is 0. The van der Waals surface area contributed by atoms with Crippen LogP contribution in [0.3, 0.4) is 0 Å². The lowest BCUT2D eigenvalue weighted by Gasteiger charge is -2.37. The molecule has 2 fully saturated rings. The van der Waals surface area contributed by atoms with Crippen molar-refractivity contribution in [2.24, 2.45) is 0 Å². The summed E-state index contributed by atoms with van der Waals surface area (Å²) in [4.78, 5) is 27.9. The molecular weight excluding hydrogens is 363 g/mol. The molecule has 0 aliphatic carbocycles. The van der Waals surface area contributed by atoms with Gasteiger partial charge in [0, 0.05) is 50.0 Å². The first-order valence-corrected chi connectivity index (χ1v) is 8.25. The number of ketones is 1. The van der Waals surface area contributed by atoms with Crippen LogP contribution in [0.4, 0.5) is 10.5 Å². The van der Waals surface area contributed by atoms with E-state index < -0.39 is 0 Å². The number of hydrogen-bond acceptors (Lipinski definition) is 4. The maximum atomic E-state index is 12.3. The molecule has 1 aromatic rings. The fourth-order valence-corrected chi connectivity index (χ4v) is 3.23. The third-order valence-corrected chi connectivity index (χ3v) is 4.69. The second-order valence-corrected chi connectivity index (χ2v) is 6.23. The van der Waals surface area contributed by atoms with Gasteiger partial charge in [0.1, 0.15) is 0 Å². The molecule has 0 radical (unpaired) electrons. The minimum atomic E-state index is -0.0650. The first-order chi connectivity index (χ1) is 11.1. The zero-order valence-corrected chi connectivity index (χ0v) is 16.0. The first-order valence-electron chi connectivity index (χ1n) is 8.25. The van der Waals surface area contributed by atoms with Crippen LogP contribution in [0.1, 0.15) is 23.7 Å². The van der Waals surface area contributed by atoms with E-state index >= 15 is 0 Å². The van der Waals surface area contributed by atoms with Gasteiger partial charge in [-0.1, -0.05) is 0 Å². The molecule has 3 rings (SSSR count). The minimum Gasteiger partial charge on any atom is -0.322 e. The van der Waals surface area contributed by atoms with E-state index in [-0.39, 0.29) is 36.6 Å². The lowest BCUT2D eigenvalue weighted by molar-refractivity contribution is 0.101. The molecule has 0 aromatic heterocycles. The highest BCUT2D eigenvalue weighted by Gasteiger charge is 2.27. The topological polar surface area (TPSA) is 64.7 Å². The van der Waals surface area contributed by atoms with Crippen molar-refractivity contribution in [2.45, 2.75) is 19.4 Å². The molecule has 2 heterocycles.